The minimum atomic E-state index is -0.357. The standard InChI is InChI=1S/C18H19N3O2/c19-18(23)15-10-14-5-1-2-6-16(14)21(12-15)17(22)8-7-13-4-3-9-20-11-13/h1-6,9,11,15H,7-8,10,12H2,(H2,19,23). The second-order valence-corrected chi connectivity index (χ2v) is 5.80. The highest BCUT2D eigenvalue weighted by atomic mass is 16.2. The fourth-order valence-electron chi connectivity index (χ4n) is 2.95. The normalized spacial score (nSPS) is 16.7. The number of primary amides is 1. The monoisotopic (exact) mass is 309 g/mol. The first-order valence-electron chi connectivity index (χ1n) is 7.71. The van der Waals surface area contributed by atoms with Gasteiger partial charge in [-0.25, -0.2) is 0 Å². The summed E-state index contributed by atoms with van der Waals surface area (Å²) in [6, 6.07) is 11.5. The number of pyridine rings is 1. The zero-order valence-corrected chi connectivity index (χ0v) is 12.8. The fourth-order valence-corrected chi connectivity index (χ4v) is 2.95. The molecule has 1 atom stereocenters. The number of hydrogen-bond donors (Lipinski definition) is 1. The highest BCUT2D eigenvalue weighted by Gasteiger charge is 2.30. The number of hydrogen-bond acceptors (Lipinski definition) is 3. The summed E-state index contributed by atoms with van der Waals surface area (Å²) in [6.07, 6.45) is 5.09. The third kappa shape index (κ3) is 3.39. The number of benzene rings is 1. The summed E-state index contributed by atoms with van der Waals surface area (Å²) in [6.45, 7) is 0.359. The van der Waals surface area contributed by atoms with Crippen molar-refractivity contribution >= 4 is 17.5 Å². The summed E-state index contributed by atoms with van der Waals surface area (Å²) >= 11 is 0. The van der Waals surface area contributed by atoms with E-state index >= 15 is 0 Å². The Kier molecular flexibility index (Phi) is 4.37. The van der Waals surface area contributed by atoms with Crippen molar-refractivity contribution < 1.29 is 9.59 Å². The Morgan fingerprint density at radius 3 is 2.78 bits per heavy atom. The van der Waals surface area contributed by atoms with Crippen LogP contribution in [-0.2, 0) is 22.4 Å². The number of nitrogens with two attached hydrogens (primary N) is 1. The van der Waals surface area contributed by atoms with E-state index in [9.17, 15) is 9.59 Å². The number of fused-ring (bicyclic) bond motifs is 1. The van der Waals surface area contributed by atoms with Crippen LogP contribution >= 0.6 is 0 Å². The minimum absolute atomic E-state index is 0.00672. The maximum absolute atomic E-state index is 12.7. The highest BCUT2D eigenvalue weighted by Crippen LogP contribution is 2.30. The van der Waals surface area contributed by atoms with E-state index in [1.165, 1.54) is 0 Å². The number of carbonyl (C=O) groups excluding carboxylic acids is 2. The van der Waals surface area contributed by atoms with Gasteiger partial charge < -0.3 is 10.6 Å². The molecule has 2 amide bonds. The average Bonchev–Trinajstić information content (AvgIpc) is 2.59. The van der Waals surface area contributed by atoms with Crippen LogP contribution in [0.1, 0.15) is 17.5 Å². The molecule has 2 N–H and O–H groups in total. The van der Waals surface area contributed by atoms with Gasteiger partial charge in [-0.2, -0.15) is 0 Å². The summed E-state index contributed by atoms with van der Waals surface area (Å²) < 4.78 is 0. The van der Waals surface area contributed by atoms with Gasteiger partial charge in [0.25, 0.3) is 0 Å². The number of aryl methyl sites for hydroxylation is 1. The Morgan fingerprint density at radius 2 is 2.04 bits per heavy atom. The van der Waals surface area contributed by atoms with Crippen molar-refractivity contribution in [3.8, 4) is 0 Å². The average molecular weight is 309 g/mol. The zero-order valence-electron chi connectivity index (χ0n) is 12.8. The molecule has 3 rings (SSSR count). The lowest BCUT2D eigenvalue weighted by atomic mass is 9.91. The molecule has 5 heteroatoms. The second-order valence-electron chi connectivity index (χ2n) is 5.80. The van der Waals surface area contributed by atoms with Crippen LogP contribution in [0.2, 0.25) is 0 Å². The molecule has 0 aliphatic carbocycles. The van der Waals surface area contributed by atoms with E-state index in [0.717, 1.165) is 16.8 Å². The van der Waals surface area contributed by atoms with E-state index in [0.29, 0.717) is 25.8 Å². The Balaban J connectivity index is 1.77. The number of anilines is 1. The maximum atomic E-state index is 12.7. The number of rotatable bonds is 4. The molecule has 0 radical (unpaired) electrons. The minimum Gasteiger partial charge on any atom is -0.369 e. The lowest BCUT2D eigenvalue weighted by molar-refractivity contribution is -0.122. The van der Waals surface area contributed by atoms with Gasteiger partial charge in [0.1, 0.15) is 0 Å². The van der Waals surface area contributed by atoms with Crippen molar-refractivity contribution in [3.63, 3.8) is 0 Å². The number of carbonyl (C=O) groups is 2. The van der Waals surface area contributed by atoms with E-state index in [1.807, 2.05) is 36.4 Å². The molecule has 118 valence electrons. The second kappa shape index (κ2) is 6.60. The van der Waals surface area contributed by atoms with Crippen molar-refractivity contribution in [2.75, 3.05) is 11.4 Å². The summed E-state index contributed by atoms with van der Waals surface area (Å²) in [5.74, 6) is -0.677. The van der Waals surface area contributed by atoms with Crippen LogP contribution in [0.4, 0.5) is 5.69 Å². The third-order valence-corrected chi connectivity index (χ3v) is 4.21. The van der Waals surface area contributed by atoms with Crippen molar-refractivity contribution in [1.82, 2.24) is 4.98 Å². The van der Waals surface area contributed by atoms with E-state index in [-0.39, 0.29) is 17.7 Å². The number of para-hydroxylation sites is 1. The molecule has 0 saturated heterocycles. The Labute approximate surface area is 135 Å². The first-order chi connectivity index (χ1) is 11.1. The number of nitrogens with zero attached hydrogens (tertiary/aromatic N) is 2. The van der Waals surface area contributed by atoms with Crippen LogP contribution in [0.25, 0.3) is 0 Å². The van der Waals surface area contributed by atoms with Gasteiger partial charge in [-0.3, -0.25) is 14.6 Å². The Bertz CT molecular complexity index is 715. The highest BCUT2D eigenvalue weighted by molar-refractivity contribution is 5.96. The molecule has 23 heavy (non-hydrogen) atoms. The lowest BCUT2D eigenvalue weighted by Crippen LogP contribution is -2.44. The van der Waals surface area contributed by atoms with Crippen LogP contribution in [-0.4, -0.2) is 23.3 Å². The molecular formula is C18H19N3O2. The molecule has 1 unspecified atom stereocenters. The summed E-state index contributed by atoms with van der Waals surface area (Å²) in [5.41, 5.74) is 8.38. The summed E-state index contributed by atoms with van der Waals surface area (Å²) in [7, 11) is 0. The van der Waals surface area contributed by atoms with Crippen molar-refractivity contribution in [2.24, 2.45) is 11.7 Å². The molecule has 2 aromatic rings. The predicted octanol–water partition coefficient (Wildman–Crippen LogP) is 1.70. The van der Waals surface area contributed by atoms with Crippen molar-refractivity contribution in [1.29, 1.82) is 0 Å². The summed E-state index contributed by atoms with van der Waals surface area (Å²) in [4.78, 5) is 30.0. The molecule has 0 saturated carbocycles. The van der Waals surface area contributed by atoms with Gasteiger partial charge in [-0.05, 0) is 36.1 Å². The Morgan fingerprint density at radius 1 is 1.22 bits per heavy atom. The molecule has 5 nitrogen and oxygen atoms in total. The molecular weight excluding hydrogens is 290 g/mol. The number of amides is 2. The molecule has 0 spiro atoms. The van der Waals surface area contributed by atoms with E-state index in [2.05, 4.69) is 4.98 Å². The van der Waals surface area contributed by atoms with E-state index < -0.39 is 0 Å². The van der Waals surface area contributed by atoms with Gasteiger partial charge >= 0.3 is 0 Å². The molecule has 1 aromatic carbocycles. The van der Waals surface area contributed by atoms with Gasteiger partial charge in [0.15, 0.2) is 0 Å². The van der Waals surface area contributed by atoms with Crippen LogP contribution in [0.15, 0.2) is 48.8 Å². The van der Waals surface area contributed by atoms with Crippen LogP contribution in [0.5, 0.6) is 0 Å². The van der Waals surface area contributed by atoms with Gasteiger partial charge in [0.05, 0.1) is 5.92 Å². The van der Waals surface area contributed by atoms with Gasteiger partial charge in [0.2, 0.25) is 11.8 Å². The predicted molar refractivity (Wildman–Crippen MR) is 87.7 cm³/mol. The van der Waals surface area contributed by atoms with E-state index in [4.69, 9.17) is 5.73 Å². The molecule has 1 aliphatic heterocycles. The molecule has 0 fully saturated rings. The van der Waals surface area contributed by atoms with Crippen LogP contribution in [0.3, 0.4) is 0 Å². The lowest BCUT2D eigenvalue weighted by Gasteiger charge is -2.33. The summed E-state index contributed by atoms with van der Waals surface area (Å²) in [5, 5.41) is 0. The zero-order chi connectivity index (χ0) is 16.2. The fraction of sp³-hybridized carbons (Fsp3) is 0.278. The van der Waals surface area contributed by atoms with Crippen LogP contribution in [0, 0.1) is 5.92 Å². The SMILES string of the molecule is NC(=O)C1Cc2ccccc2N(C(=O)CCc2cccnc2)C1. The maximum Gasteiger partial charge on any atom is 0.227 e. The van der Waals surface area contributed by atoms with Crippen molar-refractivity contribution in [3.05, 3.63) is 59.9 Å². The van der Waals surface area contributed by atoms with Gasteiger partial charge in [-0.1, -0.05) is 24.3 Å². The first-order valence-corrected chi connectivity index (χ1v) is 7.71. The van der Waals surface area contributed by atoms with E-state index in [1.54, 1.807) is 17.3 Å². The topological polar surface area (TPSA) is 76.3 Å². The molecule has 1 aliphatic rings. The largest absolute Gasteiger partial charge is 0.369 e. The van der Waals surface area contributed by atoms with Crippen molar-refractivity contribution in [2.45, 2.75) is 19.3 Å². The quantitative estimate of drug-likeness (QED) is 0.934. The molecule has 1 aromatic heterocycles. The van der Waals surface area contributed by atoms with Crippen LogP contribution < -0.4 is 10.6 Å². The Hall–Kier alpha value is -2.69. The number of aromatic nitrogens is 1. The van der Waals surface area contributed by atoms with Gasteiger partial charge in [-0.15, -0.1) is 0 Å². The third-order valence-electron chi connectivity index (χ3n) is 4.21. The first kappa shape index (κ1) is 15.2. The van der Waals surface area contributed by atoms with Gasteiger partial charge in [0, 0.05) is 31.0 Å². The smallest absolute Gasteiger partial charge is 0.227 e. The molecule has 2 heterocycles. The molecule has 0 bridgehead atoms.